The van der Waals surface area contributed by atoms with Crippen molar-refractivity contribution in [1.82, 2.24) is 14.8 Å². The number of carbonyl (C=O) groups excluding carboxylic acids is 2. The number of benzene rings is 2. The molecule has 1 aliphatic heterocycles. The summed E-state index contributed by atoms with van der Waals surface area (Å²) in [6.07, 6.45) is -1.54. The molecule has 2 heterocycles. The minimum Gasteiger partial charge on any atom is -0.336 e. The number of ketones is 1. The highest BCUT2D eigenvalue weighted by atomic mass is 19.4. The van der Waals surface area contributed by atoms with E-state index in [1.54, 1.807) is 41.3 Å². The number of alkyl halides is 3. The van der Waals surface area contributed by atoms with Crippen molar-refractivity contribution in [3.05, 3.63) is 83.1 Å². The second-order valence-electron chi connectivity index (χ2n) is 8.01. The first-order chi connectivity index (χ1) is 15.7. The number of aromatic nitrogens is 1. The predicted molar refractivity (Wildman–Crippen MR) is 120 cm³/mol. The van der Waals surface area contributed by atoms with Crippen LogP contribution in [0.25, 0.3) is 17.0 Å². The van der Waals surface area contributed by atoms with E-state index in [0.717, 1.165) is 25.2 Å². The Kier molecular flexibility index (Phi) is 6.29. The van der Waals surface area contributed by atoms with Crippen LogP contribution < -0.4 is 0 Å². The summed E-state index contributed by atoms with van der Waals surface area (Å²) in [5, 5.41) is 0.369. The largest absolute Gasteiger partial charge is 0.416 e. The third kappa shape index (κ3) is 5.28. The molecule has 0 unspecified atom stereocenters. The fourth-order valence-electron chi connectivity index (χ4n) is 3.64. The third-order valence-corrected chi connectivity index (χ3v) is 5.65. The first-order valence-electron chi connectivity index (χ1n) is 10.5. The molecule has 3 aromatic rings. The van der Waals surface area contributed by atoms with Crippen LogP contribution in [0.5, 0.6) is 0 Å². The Labute approximate surface area is 189 Å². The molecule has 170 valence electrons. The summed E-state index contributed by atoms with van der Waals surface area (Å²) in [6.45, 7) is 3.02. The second kappa shape index (κ2) is 9.15. The van der Waals surface area contributed by atoms with Crippen LogP contribution in [0.1, 0.15) is 32.0 Å². The van der Waals surface area contributed by atoms with E-state index in [9.17, 15) is 22.8 Å². The number of allylic oxidation sites excluding steroid dienone is 1. The van der Waals surface area contributed by atoms with Crippen LogP contribution in [0.3, 0.4) is 0 Å². The second-order valence-corrected chi connectivity index (χ2v) is 8.01. The van der Waals surface area contributed by atoms with Crippen LogP contribution in [0, 0.1) is 0 Å². The summed E-state index contributed by atoms with van der Waals surface area (Å²) in [5.41, 5.74) is 1.10. The molecule has 0 aliphatic carbocycles. The molecule has 2 aromatic carbocycles. The number of carbonyl (C=O) groups is 2. The highest BCUT2D eigenvalue weighted by molar-refractivity contribution is 6.07. The number of nitrogens with zero attached hydrogens (tertiary/aromatic N) is 3. The average Bonchev–Trinajstić information content (AvgIpc) is 2.81. The fourth-order valence-corrected chi connectivity index (χ4v) is 3.64. The van der Waals surface area contributed by atoms with Crippen LogP contribution >= 0.6 is 0 Å². The first-order valence-corrected chi connectivity index (χ1v) is 10.5. The van der Waals surface area contributed by atoms with Crippen LogP contribution in [-0.4, -0.2) is 59.7 Å². The number of pyridine rings is 1. The molecule has 1 aliphatic rings. The molecule has 0 radical (unpaired) electrons. The monoisotopic (exact) mass is 453 g/mol. The van der Waals surface area contributed by atoms with Gasteiger partial charge in [0.15, 0.2) is 5.78 Å². The molecular formula is C25H22F3N3O2. The smallest absolute Gasteiger partial charge is 0.336 e. The maximum atomic E-state index is 12.9. The highest BCUT2D eigenvalue weighted by Gasteiger charge is 2.30. The maximum absolute atomic E-state index is 12.9. The Morgan fingerprint density at radius 3 is 2.24 bits per heavy atom. The van der Waals surface area contributed by atoms with E-state index in [0.29, 0.717) is 40.8 Å². The highest BCUT2D eigenvalue weighted by Crippen LogP contribution is 2.31. The van der Waals surface area contributed by atoms with Crippen molar-refractivity contribution in [2.75, 3.05) is 33.2 Å². The summed E-state index contributed by atoms with van der Waals surface area (Å²) in [4.78, 5) is 33.4. The number of piperazine rings is 1. The number of fused-ring (bicyclic) bond motifs is 1. The molecule has 8 heteroatoms. The van der Waals surface area contributed by atoms with Crippen LogP contribution in [0.4, 0.5) is 13.2 Å². The number of rotatable bonds is 4. The lowest BCUT2D eigenvalue weighted by molar-refractivity contribution is -0.137. The summed E-state index contributed by atoms with van der Waals surface area (Å²) in [6, 6.07) is 13.0. The van der Waals surface area contributed by atoms with Crippen molar-refractivity contribution in [1.29, 1.82) is 0 Å². The lowest BCUT2D eigenvalue weighted by atomic mass is 10.1. The fraction of sp³-hybridized carbons (Fsp3) is 0.240. The van der Waals surface area contributed by atoms with E-state index in [1.165, 1.54) is 18.2 Å². The van der Waals surface area contributed by atoms with Gasteiger partial charge in [-0.15, -0.1) is 0 Å². The van der Waals surface area contributed by atoms with Gasteiger partial charge < -0.3 is 9.80 Å². The Balaban J connectivity index is 1.43. The molecule has 1 fully saturated rings. The van der Waals surface area contributed by atoms with Gasteiger partial charge in [-0.1, -0.05) is 18.2 Å². The van der Waals surface area contributed by atoms with E-state index >= 15 is 0 Å². The molecular weight excluding hydrogens is 431 g/mol. The molecule has 0 spiro atoms. The molecule has 4 rings (SSSR count). The Morgan fingerprint density at radius 2 is 1.58 bits per heavy atom. The molecule has 1 amide bonds. The van der Waals surface area contributed by atoms with Crippen molar-refractivity contribution in [3.63, 3.8) is 0 Å². The van der Waals surface area contributed by atoms with E-state index in [4.69, 9.17) is 0 Å². The molecule has 1 aromatic heterocycles. The van der Waals surface area contributed by atoms with Gasteiger partial charge in [-0.25, -0.2) is 4.98 Å². The summed E-state index contributed by atoms with van der Waals surface area (Å²) >= 11 is 0. The van der Waals surface area contributed by atoms with Gasteiger partial charge in [0.1, 0.15) is 0 Å². The molecule has 0 saturated carbocycles. The SMILES string of the molecule is CN1CCN(C(=O)c2ccc(C(=O)/C=C/c3ccc4cc(C(F)(F)F)ccc4n3)cc2)CC1. The van der Waals surface area contributed by atoms with Crippen LogP contribution in [0.15, 0.2) is 60.7 Å². The lowest BCUT2D eigenvalue weighted by Gasteiger charge is -2.32. The topological polar surface area (TPSA) is 53.5 Å². The first kappa shape index (κ1) is 22.7. The number of halogens is 3. The molecule has 0 N–H and O–H groups in total. The molecule has 1 saturated heterocycles. The van der Waals surface area contributed by atoms with E-state index < -0.39 is 11.7 Å². The Hall–Kier alpha value is -3.52. The zero-order valence-electron chi connectivity index (χ0n) is 18.0. The number of amides is 1. The predicted octanol–water partition coefficient (Wildman–Crippen LogP) is 4.54. The van der Waals surface area contributed by atoms with Crippen molar-refractivity contribution in [2.45, 2.75) is 6.18 Å². The van der Waals surface area contributed by atoms with E-state index in [1.807, 2.05) is 7.05 Å². The minimum absolute atomic E-state index is 0.0494. The van der Waals surface area contributed by atoms with Gasteiger partial charge in [0.05, 0.1) is 16.8 Å². The van der Waals surface area contributed by atoms with Gasteiger partial charge in [0, 0.05) is 42.7 Å². The van der Waals surface area contributed by atoms with Crippen molar-refractivity contribution < 1.29 is 22.8 Å². The Bertz CT molecular complexity index is 1210. The molecule has 0 bridgehead atoms. The van der Waals surface area contributed by atoms with Gasteiger partial charge in [-0.3, -0.25) is 9.59 Å². The maximum Gasteiger partial charge on any atom is 0.416 e. The van der Waals surface area contributed by atoms with E-state index in [-0.39, 0.29) is 11.7 Å². The average molecular weight is 453 g/mol. The number of hydrogen-bond donors (Lipinski definition) is 0. The minimum atomic E-state index is -4.41. The zero-order chi connectivity index (χ0) is 23.6. The lowest BCUT2D eigenvalue weighted by Crippen LogP contribution is -2.47. The Morgan fingerprint density at radius 1 is 0.909 bits per heavy atom. The quantitative estimate of drug-likeness (QED) is 0.430. The zero-order valence-corrected chi connectivity index (χ0v) is 18.0. The van der Waals surface area contributed by atoms with Crippen molar-refractivity contribution in [3.8, 4) is 0 Å². The summed E-state index contributed by atoms with van der Waals surface area (Å²) in [5.74, 6) is -0.311. The molecule has 5 nitrogen and oxygen atoms in total. The third-order valence-electron chi connectivity index (χ3n) is 5.65. The van der Waals surface area contributed by atoms with Gasteiger partial charge >= 0.3 is 6.18 Å². The van der Waals surface area contributed by atoms with Gasteiger partial charge in [0.2, 0.25) is 0 Å². The number of likely N-dealkylation sites (N-methyl/N-ethyl adjacent to an activating group) is 1. The van der Waals surface area contributed by atoms with Gasteiger partial charge in [-0.2, -0.15) is 13.2 Å². The van der Waals surface area contributed by atoms with Crippen molar-refractivity contribution >= 4 is 28.7 Å². The van der Waals surface area contributed by atoms with Crippen LogP contribution in [-0.2, 0) is 6.18 Å². The number of hydrogen-bond acceptors (Lipinski definition) is 4. The standard InChI is InChI=1S/C25H22F3N3O2/c1-30-12-14-31(15-13-30)24(33)18-4-2-17(3-5-18)23(32)11-9-21-8-6-19-16-20(25(26,27)28)7-10-22(19)29-21/h2-11,16H,12-15H2,1H3/b11-9+. The molecule has 33 heavy (non-hydrogen) atoms. The van der Waals surface area contributed by atoms with Gasteiger partial charge in [-0.05, 0) is 55.6 Å². The van der Waals surface area contributed by atoms with Crippen LogP contribution in [0.2, 0.25) is 0 Å². The summed E-state index contributed by atoms with van der Waals surface area (Å²) < 4.78 is 38.6. The molecule has 0 atom stereocenters. The van der Waals surface area contributed by atoms with Crippen molar-refractivity contribution in [2.24, 2.45) is 0 Å². The summed E-state index contributed by atoms with van der Waals surface area (Å²) in [7, 11) is 2.02. The van der Waals surface area contributed by atoms with Gasteiger partial charge in [0.25, 0.3) is 5.91 Å². The normalized spacial score (nSPS) is 15.3. The van der Waals surface area contributed by atoms with E-state index in [2.05, 4.69) is 9.88 Å².